The van der Waals surface area contributed by atoms with Crippen LogP contribution in [0.1, 0.15) is 62.4 Å². The van der Waals surface area contributed by atoms with E-state index in [9.17, 15) is 9.59 Å². The summed E-state index contributed by atoms with van der Waals surface area (Å²) in [5.41, 5.74) is 1.31. The van der Waals surface area contributed by atoms with Crippen LogP contribution in [-0.4, -0.2) is 50.7 Å². The number of aromatic amines is 1. The lowest BCUT2D eigenvalue weighted by molar-refractivity contribution is -0.144. The topological polar surface area (TPSA) is 69.3 Å². The summed E-state index contributed by atoms with van der Waals surface area (Å²) in [6, 6.07) is 10.1. The van der Waals surface area contributed by atoms with Crippen molar-refractivity contribution in [3.8, 4) is 0 Å². The normalized spacial score (nSPS) is 21.7. The number of nitrogens with one attached hydrogen (secondary N) is 1. The summed E-state index contributed by atoms with van der Waals surface area (Å²) in [5, 5.41) is 0. The van der Waals surface area contributed by atoms with Gasteiger partial charge < -0.3 is 14.8 Å². The van der Waals surface area contributed by atoms with Gasteiger partial charge in [0.25, 0.3) is 0 Å². The van der Waals surface area contributed by atoms with Crippen LogP contribution in [0.2, 0.25) is 0 Å². The quantitative estimate of drug-likeness (QED) is 0.731. The van der Waals surface area contributed by atoms with E-state index in [2.05, 4.69) is 34.2 Å². The van der Waals surface area contributed by atoms with Crippen LogP contribution in [0.15, 0.2) is 42.7 Å². The number of nitrogens with zero attached hydrogens (tertiary/aromatic N) is 3. The van der Waals surface area contributed by atoms with Crippen molar-refractivity contribution in [3.05, 3.63) is 54.1 Å². The second-order valence-corrected chi connectivity index (χ2v) is 8.10. The third-order valence-electron chi connectivity index (χ3n) is 6.18. The third-order valence-corrected chi connectivity index (χ3v) is 6.18. The number of aryl methyl sites for hydroxylation is 1. The lowest BCUT2D eigenvalue weighted by Gasteiger charge is -2.31. The number of unbranched alkanes of at least 4 members (excludes halogenated alkanes) is 1. The largest absolute Gasteiger partial charge is 0.347 e. The molecule has 29 heavy (non-hydrogen) atoms. The maximum atomic E-state index is 13.3. The number of carbonyl (C=O) groups excluding carboxylic acids is 2. The van der Waals surface area contributed by atoms with Crippen LogP contribution in [0.25, 0.3) is 0 Å². The predicted molar refractivity (Wildman–Crippen MR) is 111 cm³/mol. The van der Waals surface area contributed by atoms with Crippen LogP contribution in [0.4, 0.5) is 0 Å². The predicted octanol–water partition coefficient (Wildman–Crippen LogP) is 3.48. The van der Waals surface area contributed by atoms with Crippen LogP contribution >= 0.6 is 0 Å². The number of H-pyrrole nitrogens is 1. The minimum atomic E-state index is -0.299. The Balaban J connectivity index is 1.31. The van der Waals surface area contributed by atoms with Gasteiger partial charge >= 0.3 is 0 Å². The molecule has 2 aromatic rings. The van der Waals surface area contributed by atoms with Crippen LogP contribution in [0.3, 0.4) is 0 Å². The molecule has 0 spiro atoms. The Hall–Kier alpha value is -2.63. The summed E-state index contributed by atoms with van der Waals surface area (Å²) in [4.78, 5) is 37.4. The van der Waals surface area contributed by atoms with Gasteiger partial charge in [-0.05, 0) is 50.5 Å². The Morgan fingerprint density at radius 1 is 1.03 bits per heavy atom. The summed E-state index contributed by atoms with van der Waals surface area (Å²) >= 11 is 0. The number of carbonyl (C=O) groups is 2. The van der Waals surface area contributed by atoms with Crippen molar-refractivity contribution in [1.29, 1.82) is 0 Å². The zero-order valence-corrected chi connectivity index (χ0v) is 16.9. The van der Waals surface area contributed by atoms with Crippen molar-refractivity contribution < 1.29 is 9.59 Å². The van der Waals surface area contributed by atoms with Gasteiger partial charge in [-0.2, -0.15) is 0 Å². The molecule has 6 heteroatoms. The first kappa shape index (κ1) is 19.7. The van der Waals surface area contributed by atoms with Crippen molar-refractivity contribution in [2.24, 2.45) is 0 Å². The second-order valence-electron chi connectivity index (χ2n) is 8.10. The molecule has 0 saturated carbocycles. The molecule has 0 aliphatic carbocycles. The first-order chi connectivity index (χ1) is 14.2. The van der Waals surface area contributed by atoms with Crippen LogP contribution in [0, 0.1) is 0 Å². The Labute approximate surface area is 172 Å². The van der Waals surface area contributed by atoms with Crippen molar-refractivity contribution in [2.75, 3.05) is 13.1 Å². The highest BCUT2D eigenvalue weighted by atomic mass is 16.2. The van der Waals surface area contributed by atoms with Gasteiger partial charge in [0.05, 0.1) is 6.04 Å². The minimum Gasteiger partial charge on any atom is -0.347 e. The number of benzene rings is 1. The molecular weight excluding hydrogens is 364 g/mol. The number of likely N-dealkylation sites (tertiary alicyclic amines) is 2. The van der Waals surface area contributed by atoms with Gasteiger partial charge in [0, 0.05) is 31.9 Å². The summed E-state index contributed by atoms with van der Waals surface area (Å²) in [5.74, 6) is 1.08. The Morgan fingerprint density at radius 2 is 1.83 bits per heavy atom. The molecule has 2 fully saturated rings. The summed E-state index contributed by atoms with van der Waals surface area (Å²) in [7, 11) is 0. The number of aromatic nitrogens is 2. The van der Waals surface area contributed by atoms with Crippen molar-refractivity contribution in [3.63, 3.8) is 0 Å². The van der Waals surface area contributed by atoms with Crippen molar-refractivity contribution in [1.82, 2.24) is 19.8 Å². The van der Waals surface area contributed by atoms with Crippen LogP contribution in [-0.2, 0) is 16.0 Å². The van der Waals surface area contributed by atoms with Gasteiger partial charge in [0.2, 0.25) is 11.8 Å². The minimum absolute atomic E-state index is 0.0147. The maximum absolute atomic E-state index is 13.3. The third kappa shape index (κ3) is 4.52. The molecule has 4 rings (SSSR count). The van der Waals surface area contributed by atoms with E-state index in [0.29, 0.717) is 13.0 Å². The molecule has 6 nitrogen and oxygen atoms in total. The smallest absolute Gasteiger partial charge is 0.245 e. The van der Waals surface area contributed by atoms with E-state index < -0.39 is 0 Å². The fourth-order valence-electron chi connectivity index (χ4n) is 4.68. The number of imidazole rings is 1. The fourth-order valence-corrected chi connectivity index (χ4v) is 4.68. The molecule has 2 amide bonds. The fraction of sp³-hybridized carbons (Fsp3) is 0.522. The maximum Gasteiger partial charge on any atom is 0.245 e. The highest BCUT2D eigenvalue weighted by Gasteiger charge is 2.40. The molecule has 3 heterocycles. The SMILES string of the molecule is O=C(CCCCc1ccccc1)N1CCC[C@H]1C(=O)N1CCC[C@H]1c1ncc[nH]1. The van der Waals surface area contributed by atoms with E-state index in [1.807, 2.05) is 15.9 Å². The number of hydrogen-bond donors (Lipinski definition) is 1. The molecule has 1 aromatic heterocycles. The molecular formula is C23H30N4O2. The molecule has 0 bridgehead atoms. The summed E-state index contributed by atoms with van der Waals surface area (Å²) in [6.45, 7) is 1.45. The van der Waals surface area contributed by atoms with Gasteiger partial charge in [-0.25, -0.2) is 4.98 Å². The van der Waals surface area contributed by atoms with E-state index in [1.54, 1.807) is 12.4 Å². The molecule has 2 saturated heterocycles. The number of rotatable bonds is 7. The second kappa shape index (κ2) is 9.25. The Bertz CT molecular complexity index is 806. The van der Waals surface area contributed by atoms with E-state index in [4.69, 9.17) is 0 Å². The molecule has 1 N–H and O–H groups in total. The van der Waals surface area contributed by atoms with E-state index >= 15 is 0 Å². The van der Waals surface area contributed by atoms with Crippen molar-refractivity contribution in [2.45, 2.75) is 63.5 Å². The van der Waals surface area contributed by atoms with Gasteiger partial charge in [0.15, 0.2) is 0 Å². The van der Waals surface area contributed by atoms with Gasteiger partial charge in [-0.3, -0.25) is 9.59 Å². The van der Waals surface area contributed by atoms with Crippen molar-refractivity contribution >= 4 is 11.8 Å². The molecule has 2 atom stereocenters. The van der Waals surface area contributed by atoms with Gasteiger partial charge in [-0.15, -0.1) is 0 Å². The number of amides is 2. The lowest BCUT2D eigenvalue weighted by atomic mass is 10.1. The first-order valence-corrected chi connectivity index (χ1v) is 10.9. The summed E-state index contributed by atoms with van der Waals surface area (Å²) < 4.78 is 0. The average molecular weight is 395 g/mol. The van der Waals surface area contributed by atoms with E-state index in [-0.39, 0.29) is 23.9 Å². The molecule has 2 aliphatic rings. The zero-order chi connectivity index (χ0) is 20.1. The molecule has 1 aromatic carbocycles. The molecule has 0 unspecified atom stereocenters. The average Bonchev–Trinajstić information content (AvgIpc) is 3.51. The standard InChI is InChI=1S/C23H30N4O2/c28-21(13-5-4-10-18-8-2-1-3-9-18)26-16-7-12-20(26)23(29)27-17-6-11-19(27)22-24-14-15-25-22/h1-3,8-9,14-15,19-20H,4-7,10-13,16-17H2,(H,24,25)/t19-,20-/m0/s1. The number of hydrogen-bond acceptors (Lipinski definition) is 3. The Kier molecular flexibility index (Phi) is 6.27. The monoisotopic (exact) mass is 394 g/mol. The molecule has 2 aliphatic heterocycles. The molecule has 154 valence electrons. The molecule has 0 radical (unpaired) electrons. The highest BCUT2D eigenvalue weighted by molar-refractivity contribution is 5.88. The van der Waals surface area contributed by atoms with Gasteiger partial charge in [0.1, 0.15) is 11.9 Å². The zero-order valence-electron chi connectivity index (χ0n) is 16.9. The Morgan fingerprint density at radius 3 is 2.62 bits per heavy atom. The summed E-state index contributed by atoms with van der Waals surface area (Å²) in [6.07, 6.45) is 10.5. The highest BCUT2D eigenvalue weighted by Crippen LogP contribution is 2.32. The van der Waals surface area contributed by atoms with E-state index in [0.717, 1.165) is 57.3 Å². The van der Waals surface area contributed by atoms with Gasteiger partial charge in [-0.1, -0.05) is 30.3 Å². The first-order valence-electron chi connectivity index (χ1n) is 10.9. The van der Waals surface area contributed by atoms with Crippen LogP contribution in [0.5, 0.6) is 0 Å². The van der Waals surface area contributed by atoms with Crippen LogP contribution < -0.4 is 0 Å². The van der Waals surface area contributed by atoms with E-state index in [1.165, 1.54) is 5.56 Å². The lowest BCUT2D eigenvalue weighted by Crippen LogP contribution is -2.47.